The van der Waals surface area contributed by atoms with E-state index in [4.69, 9.17) is 51.1 Å². The summed E-state index contributed by atoms with van der Waals surface area (Å²) in [5, 5.41) is 86.5. The van der Waals surface area contributed by atoms with Crippen LogP contribution in [0.2, 0.25) is 0 Å². The first kappa shape index (κ1) is 28.0. The van der Waals surface area contributed by atoms with Crippen molar-refractivity contribution in [2.24, 2.45) is 0 Å². The summed E-state index contributed by atoms with van der Waals surface area (Å²) in [5.41, 5.74) is 1.05. The van der Waals surface area contributed by atoms with E-state index in [1.165, 1.54) is 0 Å². The Kier molecular flexibility index (Phi) is 14.8. The zero-order chi connectivity index (χ0) is 23.1. The van der Waals surface area contributed by atoms with Gasteiger partial charge in [0.25, 0.3) is 0 Å². The van der Waals surface area contributed by atoms with Crippen LogP contribution in [0.4, 0.5) is 0 Å². The van der Waals surface area contributed by atoms with E-state index in [0.29, 0.717) is 11.1 Å². The first-order valence-electron chi connectivity index (χ1n) is 8.91. The fraction of sp³-hybridized carbons (Fsp3) is 0.400. The molecule has 0 fully saturated rings. The highest BCUT2D eigenvalue weighted by molar-refractivity contribution is 5.15. The van der Waals surface area contributed by atoms with Crippen molar-refractivity contribution in [2.45, 2.75) is 37.0 Å². The van der Waals surface area contributed by atoms with Crippen molar-refractivity contribution in [3.8, 4) is 0 Å². The molecule has 0 aliphatic carbocycles. The van der Waals surface area contributed by atoms with Crippen LogP contribution in [0, 0.1) is 0 Å². The fourth-order valence-corrected chi connectivity index (χ4v) is 1.92. The van der Waals surface area contributed by atoms with Gasteiger partial charge in [-0.25, -0.2) is 0 Å². The molecule has 10 nitrogen and oxygen atoms in total. The molecule has 0 spiro atoms. The molecule has 0 aromatic heterocycles. The molecule has 0 aliphatic rings. The summed E-state index contributed by atoms with van der Waals surface area (Å²) >= 11 is 0. The van der Waals surface area contributed by atoms with Gasteiger partial charge in [0.15, 0.2) is 12.6 Å². The van der Waals surface area contributed by atoms with Crippen LogP contribution in [-0.4, -0.2) is 88.7 Å². The standard InChI is InChI=1S/2C7H8O2.C6H14O6/c2*8-7(9)6-4-2-1-3-5-6;7-1-3(9)5(11)6(12)4(10)2-8/h2*1-5,7-9H;3-12H,1-2H2/t;;3-,4+,5-,6-/m..1/s1. The van der Waals surface area contributed by atoms with Crippen molar-refractivity contribution in [2.75, 3.05) is 13.2 Å². The Morgan fingerprint density at radius 2 is 0.733 bits per heavy atom. The molecule has 2 aromatic carbocycles. The molecule has 2 aromatic rings. The van der Waals surface area contributed by atoms with Gasteiger partial charge < -0.3 is 51.1 Å². The average Bonchev–Trinajstić information content (AvgIpc) is 2.78. The lowest BCUT2D eigenvalue weighted by molar-refractivity contribution is -0.123. The van der Waals surface area contributed by atoms with E-state index >= 15 is 0 Å². The van der Waals surface area contributed by atoms with Crippen LogP contribution in [0.25, 0.3) is 0 Å². The van der Waals surface area contributed by atoms with Gasteiger partial charge in [0.2, 0.25) is 0 Å². The summed E-state index contributed by atoms with van der Waals surface area (Å²) in [7, 11) is 0. The smallest absolute Gasteiger partial charge is 0.178 e. The Morgan fingerprint density at radius 1 is 0.467 bits per heavy atom. The van der Waals surface area contributed by atoms with Gasteiger partial charge in [-0.2, -0.15) is 0 Å². The van der Waals surface area contributed by atoms with Gasteiger partial charge in [-0.15, -0.1) is 0 Å². The number of rotatable bonds is 7. The van der Waals surface area contributed by atoms with Gasteiger partial charge in [0, 0.05) is 11.1 Å². The second kappa shape index (κ2) is 15.8. The van der Waals surface area contributed by atoms with E-state index in [-0.39, 0.29) is 0 Å². The number of hydrogen-bond acceptors (Lipinski definition) is 10. The quantitative estimate of drug-likeness (QED) is 0.214. The van der Waals surface area contributed by atoms with Crippen molar-refractivity contribution in [1.29, 1.82) is 0 Å². The molecule has 4 atom stereocenters. The molecule has 0 unspecified atom stereocenters. The van der Waals surface area contributed by atoms with Gasteiger partial charge >= 0.3 is 0 Å². The van der Waals surface area contributed by atoms with Gasteiger partial charge in [-0.3, -0.25) is 0 Å². The topological polar surface area (TPSA) is 202 Å². The molecular weight excluding hydrogens is 400 g/mol. The summed E-state index contributed by atoms with van der Waals surface area (Å²) < 4.78 is 0. The average molecular weight is 430 g/mol. The molecule has 0 saturated carbocycles. The van der Waals surface area contributed by atoms with Crippen LogP contribution in [0.5, 0.6) is 0 Å². The van der Waals surface area contributed by atoms with Gasteiger partial charge in [-0.05, 0) is 0 Å². The van der Waals surface area contributed by atoms with E-state index in [2.05, 4.69) is 0 Å². The summed E-state index contributed by atoms with van der Waals surface area (Å²) in [6.45, 7) is -1.45. The van der Waals surface area contributed by atoms with E-state index in [0.717, 1.165) is 0 Å². The molecule has 30 heavy (non-hydrogen) atoms. The molecule has 0 saturated heterocycles. The maximum absolute atomic E-state index is 8.96. The van der Waals surface area contributed by atoms with Crippen molar-refractivity contribution >= 4 is 0 Å². The minimum atomic E-state index is -1.67. The number of aliphatic hydroxyl groups excluding tert-OH is 8. The van der Waals surface area contributed by atoms with Crippen LogP contribution in [0.1, 0.15) is 23.7 Å². The summed E-state index contributed by atoms with van der Waals surface area (Å²) in [6.07, 6.45) is -9.07. The van der Waals surface area contributed by atoms with Gasteiger partial charge in [-0.1, -0.05) is 60.7 Å². The van der Waals surface area contributed by atoms with Gasteiger partial charge in [0.05, 0.1) is 13.2 Å². The Bertz CT molecular complexity index is 581. The second-order valence-electron chi connectivity index (χ2n) is 6.05. The molecular formula is C20H30O10. The van der Waals surface area contributed by atoms with Crippen LogP contribution >= 0.6 is 0 Å². The largest absolute Gasteiger partial charge is 0.394 e. The molecule has 10 heteroatoms. The van der Waals surface area contributed by atoms with Crippen molar-refractivity contribution in [1.82, 2.24) is 0 Å². The minimum absolute atomic E-state index is 0.525. The zero-order valence-corrected chi connectivity index (χ0v) is 16.1. The maximum atomic E-state index is 8.96. The number of benzene rings is 2. The Labute approximate surface area is 173 Å². The van der Waals surface area contributed by atoms with Crippen molar-refractivity contribution in [3.63, 3.8) is 0 Å². The Balaban J connectivity index is 0.000000426. The lowest BCUT2D eigenvalue weighted by Crippen LogP contribution is -2.46. The third kappa shape index (κ3) is 11.3. The molecule has 0 amide bonds. The van der Waals surface area contributed by atoms with Crippen LogP contribution in [0.3, 0.4) is 0 Å². The molecule has 0 radical (unpaired) electrons. The summed E-state index contributed by atoms with van der Waals surface area (Å²) in [4.78, 5) is 0. The van der Waals surface area contributed by atoms with E-state index < -0.39 is 50.2 Å². The number of aliphatic hydroxyl groups is 10. The second-order valence-corrected chi connectivity index (χ2v) is 6.05. The molecule has 170 valence electrons. The fourth-order valence-electron chi connectivity index (χ4n) is 1.92. The van der Waals surface area contributed by atoms with Crippen LogP contribution < -0.4 is 0 Å². The Morgan fingerprint density at radius 3 is 0.900 bits per heavy atom. The molecule has 10 N–H and O–H groups in total. The van der Waals surface area contributed by atoms with Crippen LogP contribution in [0.15, 0.2) is 60.7 Å². The Hall–Kier alpha value is -1.96. The minimum Gasteiger partial charge on any atom is -0.394 e. The predicted molar refractivity (Wildman–Crippen MR) is 105 cm³/mol. The van der Waals surface area contributed by atoms with E-state index in [9.17, 15) is 0 Å². The lowest BCUT2D eigenvalue weighted by Gasteiger charge is -2.24. The third-order valence-corrected chi connectivity index (χ3v) is 3.71. The highest BCUT2D eigenvalue weighted by atomic mass is 16.5. The monoisotopic (exact) mass is 430 g/mol. The number of hydrogen-bond donors (Lipinski definition) is 10. The third-order valence-electron chi connectivity index (χ3n) is 3.71. The van der Waals surface area contributed by atoms with E-state index in [1.54, 1.807) is 48.5 Å². The summed E-state index contributed by atoms with van der Waals surface area (Å²) in [5.74, 6) is 0. The first-order valence-corrected chi connectivity index (χ1v) is 8.91. The first-order chi connectivity index (χ1) is 14.1. The molecule has 2 rings (SSSR count). The van der Waals surface area contributed by atoms with Crippen LogP contribution in [-0.2, 0) is 0 Å². The molecule has 0 heterocycles. The maximum Gasteiger partial charge on any atom is 0.178 e. The summed E-state index contributed by atoms with van der Waals surface area (Å²) in [6, 6.07) is 17.3. The predicted octanol–water partition coefficient (Wildman–Crippen LogP) is -2.25. The van der Waals surface area contributed by atoms with E-state index in [1.807, 2.05) is 12.1 Å². The highest BCUT2D eigenvalue weighted by Crippen LogP contribution is 2.07. The van der Waals surface area contributed by atoms with Crippen molar-refractivity contribution in [3.05, 3.63) is 71.8 Å². The van der Waals surface area contributed by atoms with Crippen molar-refractivity contribution < 1.29 is 51.1 Å². The lowest BCUT2D eigenvalue weighted by atomic mass is 10.0. The SMILES string of the molecule is OC(O)c1ccccc1.OC(O)c1ccccc1.OC[C@@H](O)[C@@H](O)[C@H](O)[C@@H](O)CO. The molecule has 0 aliphatic heterocycles. The normalized spacial score (nSPS) is 14.7. The van der Waals surface area contributed by atoms with Gasteiger partial charge in [0.1, 0.15) is 24.4 Å². The molecule has 0 bridgehead atoms. The zero-order valence-electron chi connectivity index (χ0n) is 16.1. The highest BCUT2D eigenvalue weighted by Gasteiger charge is 2.29.